The van der Waals surface area contributed by atoms with Gasteiger partial charge in [-0.3, -0.25) is 0 Å². The maximum absolute atomic E-state index is 9.90. The molecule has 4 heteroatoms. The summed E-state index contributed by atoms with van der Waals surface area (Å²) in [5, 5.41) is 0. The van der Waals surface area contributed by atoms with Crippen LogP contribution in [-0.4, -0.2) is 20.4 Å². The third-order valence-corrected chi connectivity index (χ3v) is 1.90. The highest BCUT2D eigenvalue weighted by Gasteiger charge is 1.96. The molecule has 0 saturated heterocycles. The van der Waals surface area contributed by atoms with Gasteiger partial charge in [0.1, 0.15) is 5.75 Å². The third kappa shape index (κ3) is 6.37. The van der Waals surface area contributed by atoms with Crippen LogP contribution in [0.1, 0.15) is 5.56 Å². The van der Waals surface area contributed by atoms with Crippen molar-refractivity contribution in [2.75, 3.05) is 14.2 Å². The number of carbonyl (C=O) groups excluding carboxylic acids is 1. The van der Waals surface area contributed by atoms with Crippen molar-refractivity contribution in [1.29, 1.82) is 0 Å². The van der Waals surface area contributed by atoms with Crippen molar-refractivity contribution in [2.45, 2.75) is 6.42 Å². The van der Waals surface area contributed by atoms with Gasteiger partial charge < -0.3 is 14.2 Å². The van der Waals surface area contributed by atoms with Crippen molar-refractivity contribution >= 4 is 6.16 Å². The molecular weight excluding hydrogens is 232 g/mol. The Bertz CT molecular complexity index is 385. The maximum atomic E-state index is 9.90. The van der Waals surface area contributed by atoms with E-state index in [1.165, 1.54) is 12.7 Å². The van der Waals surface area contributed by atoms with Crippen molar-refractivity contribution in [3.63, 3.8) is 0 Å². The van der Waals surface area contributed by atoms with Crippen LogP contribution in [0.2, 0.25) is 0 Å². The Morgan fingerprint density at radius 2 is 1.94 bits per heavy atom. The summed E-state index contributed by atoms with van der Waals surface area (Å²) < 4.78 is 13.3. The standard InChI is InChI=1S/C10H12O.C4H6O3/c1-3-6-9-7-4-5-8-10(9)11-2;1-3-7-4(5)6-2/h3-5,7-8H,1,6H2,2H3;3H,1H2,2H3. The second-order valence-electron chi connectivity index (χ2n) is 3.04. The van der Waals surface area contributed by atoms with Gasteiger partial charge in [0.25, 0.3) is 0 Å². The predicted molar refractivity (Wildman–Crippen MR) is 70.6 cm³/mol. The number of carbonyl (C=O) groups is 1. The zero-order valence-corrected chi connectivity index (χ0v) is 10.7. The van der Waals surface area contributed by atoms with Gasteiger partial charge >= 0.3 is 6.16 Å². The van der Waals surface area contributed by atoms with Gasteiger partial charge in [-0.05, 0) is 18.1 Å². The quantitative estimate of drug-likeness (QED) is 0.467. The van der Waals surface area contributed by atoms with E-state index in [0.29, 0.717) is 0 Å². The van der Waals surface area contributed by atoms with Crippen LogP contribution < -0.4 is 4.74 Å². The molecule has 1 aromatic rings. The van der Waals surface area contributed by atoms with Crippen molar-refractivity contribution in [1.82, 2.24) is 0 Å². The van der Waals surface area contributed by atoms with Crippen LogP contribution >= 0.6 is 0 Å². The summed E-state index contributed by atoms with van der Waals surface area (Å²) in [6, 6.07) is 7.96. The van der Waals surface area contributed by atoms with E-state index in [-0.39, 0.29) is 0 Å². The molecule has 0 fully saturated rings. The molecule has 4 nitrogen and oxygen atoms in total. The molecule has 0 unspecified atom stereocenters. The van der Waals surface area contributed by atoms with Crippen LogP contribution in [0, 0.1) is 0 Å². The first-order valence-electron chi connectivity index (χ1n) is 5.27. The number of methoxy groups -OCH3 is 2. The first-order valence-corrected chi connectivity index (χ1v) is 5.27. The first kappa shape index (κ1) is 15.8. The lowest BCUT2D eigenvalue weighted by atomic mass is 10.1. The minimum absolute atomic E-state index is 0.741. The van der Waals surface area contributed by atoms with Crippen molar-refractivity contribution in [3.8, 4) is 5.75 Å². The molecule has 0 radical (unpaired) electrons. The van der Waals surface area contributed by atoms with E-state index in [9.17, 15) is 4.79 Å². The van der Waals surface area contributed by atoms with Crippen LogP contribution in [0.3, 0.4) is 0 Å². The number of benzene rings is 1. The minimum atomic E-state index is -0.741. The summed E-state index contributed by atoms with van der Waals surface area (Å²) in [7, 11) is 2.91. The Morgan fingerprint density at radius 3 is 2.39 bits per heavy atom. The smallest absolute Gasteiger partial charge is 0.496 e. The summed E-state index contributed by atoms with van der Waals surface area (Å²) in [6.45, 7) is 6.80. The van der Waals surface area contributed by atoms with Crippen LogP contribution in [0.15, 0.2) is 49.8 Å². The average Bonchev–Trinajstić information content (AvgIpc) is 2.41. The molecule has 1 rings (SSSR count). The monoisotopic (exact) mass is 250 g/mol. The fourth-order valence-electron chi connectivity index (χ4n) is 1.14. The highest BCUT2D eigenvalue weighted by Crippen LogP contribution is 2.17. The Hall–Kier alpha value is -2.23. The molecule has 18 heavy (non-hydrogen) atoms. The number of hydrogen-bond acceptors (Lipinski definition) is 4. The molecule has 98 valence electrons. The van der Waals surface area contributed by atoms with Crippen LogP contribution in [0.25, 0.3) is 0 Å². The fraction of sp³-hybridized carbons (Fsp3) is 0.214. The Labute approximate surface area is 107 Å². The molecule has 0 bridgehead atoms. The number of rotatable bonds is 4. The highest BCUT2D eigenvalue weighted by molar-refractivity contribution is 5.60. The maximum Gasteiger partial charge on any atom is 0.512 e. The Morgan fingerprint density at radius 1 is 1.28 bits per heavy atom. The normalized spacial score (nSPS) is 8.33. The summed E-state index contributed by atoms with van der Waals surface area (Å²) in [5.41, 5.74) is 1.19. The number of ether oxygens (including phenoxy) is 3. The molecule has 0 spiro atoms. The van der Waals surface area contributed by atoms with Gasteiger partial charge in [0.15, 0.2) is 0 Å². The van der Waals surface area contributed by atoms with E-state index in [2.05, 4.69) is 22.6 Å². The lowest BCUT2D eigenvalue weighted by Gasteiger charge is -2.04. The van der Waals surface area contributed by atoms with Crippen LogP contribution in [0.5, 0.6) is 5.75 Å². The van der Waals surface area contributed by atoms with Crippen molar-refractivity contribution in [2.24, 2.45) is 0 Å². The van der Waals surface area contributed by atoms with E-state index in [1.807, 2.05) is 30.3 Å². The van der Waals surface area contributed by atoms with Crippen molar-refractivity contribution < 1.29 is 19.0 Å². The predicted octanol–water partition coefficient (Wildman–Crippen LogP) is 3.34. The lowest BCUT2D eigenvalue weighted by molar-refractivity contribution is 0.106. The molecule has 0 N–H and O–H groups in total. The molecule has 0 aliphatic heterocycles. The summed E-state index contributed by atoms with van der Waals surface area (Å²) >= 11 is 0. The van der Waals surface area contributed by atoms with Gasteiger partial charge in [0.2, 0.25) is 0 Å². The van der Waals surface area contributed by atoms with E-state index < -0.39 is 6.16 Å². The van der Waals surface area contributed by atoms with E-state index in [4.69, 9.17) is 4.74 Å². The summed E-state index contributed by atoms with van der Waals surface area (Å²) in [5.74, 6) is 0.937. The van der Waals surface area contributed by atoms with Gasteiger partial charge in [0.05, 0.1) is 20.5 Å². The van der Waals surface area contributed by atoms with Gasteiger partial charge in [-0.1, -0.05) is 30.9 Å². The molecule has 0 aliphatic rings. The largest absolute Gasteiger partial charge is 0.512 e. The Balaban J connectivity index is 0.000000360. The molecular formula is C14H18O4. The van der Waals surface area contributed by atoms with E-state index in [1.54, 1.807) is 7.11 Å². The van der Waals surface area contributed by atoms with Gasteiger partial charge in [-0.25, -0.2) is 4.79 Å². The zero-order valence-electron chi connectivity index (χ0n) is 10.7. The molecule has 0 heterocycles. The molecule has 0 aromatic heterocycles. The van der Waals surface area contributed by atoms with Crippen molar-refractivity contribution in [3.05, 3.63) is 55.3 Å². The summed E-state index contributed by atoms with van der Waals surface area (Å²) in [6.07, 6.45) is 3.00. The van der Waals surface area contributed by atoms with Crippen LogP contribution in [0.4, 0.5) is 4.79 Å². The Kier molecular flexibility index (Phi) is 8.72. The van der Waals surface area contributed by atoms with E-state index >= 15 is 0 Å². The SMILES string of the molecule is C=CCc1ccccc1OC.C=COC(=O)OC. The number of hydrogen-bond donors (Lipinski definition) is 0. The second kappa shape index (κ2) is 9.96. The van der Waals surface area contributed by atoms with Crippen LogP contribution in [-0.2, 0) is 15.9 Å². The first-order chi connectivity index (χ1) is 8.69. The molecule has 0 aliphatic carbocycles. The molecule has 0 atom stereocenters. The van der Waals surface area contributed by atoms with E-state index in [0.717, 1.165) is 18.4 Å². The lowest BCUT2D eigenvalue weighted by Crippen LogP contribution is -1.96. The van der Waals surface area contributed by atoms with Gasteiger partial charge in [-0.2, -0.15) is 0 Å². The zero-order chi connectivity index (χ0) is 13.8. The number of para-hydroxylation sites is 1. The summed E-state index contributed by atoms with van der Waals surface area (Å²) in [4.78, 5) is 9.90. The number of allylic oxidation sites excluding steroid dienone is 1. The third-order valence-electron chi connectivity index (χ3n) is 1.90. The van der Waals surface area contributed by atoms with Gasteiger partial charge in [0, 0.05) is 0 Å². The molecule has 0 saturated carbocycles. The molecule has 0 amide bonds. The second-order valence-corrected chi connectivity index (χ2v) is 3.04. The van der Waals surface area contributed by atoms with Gasteiger partial charge in [-0.15, -0.1) is 6.58 Å². The fourth-order valence-corrected chi connectivity index (χ4v) is 1.14. The minimum Gasteiger partial charge on any atom is -0.496 e. The topological polar surface area (TPSA) is 44.8 Å². The molecule has 1 aromatic carbocycles. The average molecular weight is 250 g/mol. The highest BCUT2D eigenvalue weighted by atomic mass is 16.7.